The second kappa shape index (κ2) is 9.31. The van der Waals surface area contributed by atoms with Crippen molar-refractivity contribution in [2.75, 3.05) is 55.4 Å². The van der Waals surface area contributed by atoms with E-state index >= 15 is 0 Å². The monoisotopic (exact) mass is 523 g/mol. The molecule has 33 heavy (non-hydrogen) atoms. The summed E-state index contributed by atoms with van der Waals surface area (Å²) < 4.78 is 88.9. The third-order valence-corrected chi connectivity index (χ3v) is 7.18. The fraction of sp³-hybridized carbons (Fsp3) is 0.400. The van der Waals surface area contributed by atoms with Crippen molar-refractivity contribution in [2.45, 2.75) is 9.79 Å². The Hall–Kier alpha value is -2.64. The summed E-state index contributed by atoms with van der Waals surface area (Å²) in [6, 6.07) is 2.42. The summed E-state index contributed by atoms with van der Waals surface area (Å²) in [5.41, 5.74) is -0.400. The van der Waals surface area contributed by atoms with Gasteiger partial charge in [-0.2, -0.15) is 31.8 Å². The number of aromatic nitrogens is 3. The van der Waals surface area contributed by atoms with Gasteiger partial charge < -0.3 is 15.1 Å². The maximum absolute atomic E-state index is 11.8. The van der Waals surface area contributed by atoms with E-state index in [1.54, 1.807) is 23.9 Å². The summed E-state index contributed by atoms with van der Waals surface area (Å²) in [4.78, 5) is 14.6. The maximum atomic E-state index is 11.8. The van der Waals surface area contributed by atoms with E-state index in [1.807, 2.05) is 0 Å². The Morgan fingerprint density at radius 3 is 2.12 bits per heavy atom. The van der Waals surface area contributed by atoms with Gasteiger partial charge in [0.2, 0.25) is 28.7 Å². The summed E-state index contributed by atoms with van der Waals surface area (Å²) in [5.74, 6) is 0.147. The molecule has 3 N–H and O–H groups in total. The lowest BCUT2D eigenvalue weighted by atomic mass is 10.3. The smallest absolute Gasteiger partial charge is 0.296 e. The van der Waals surface area contributed by atoms with E-state index in [0.29, 0.717) is 0 Å². The molecule has 15 nitrogen and oxygen atoms in total. The summed E-state index contributed by atoms with van der Waals surface area (Å²) in [6.45, 7) is 1.00. The Balaban J connectivity index is 2.03. The molecule has 1 aromatic carbocycles. The van der Waals surface area contributed by atoms with Crippen molar-refractivity contribution in [3.05, 3.63) is 18.2 Å². The van der Waals surface area contributed by atoms with Gasteiger partial charge in [-0.3, -0.25) is 9.11 Å². The molecule has 0 atom stereocenters. The largest absolute Gasteiger partial charge is 0.347 e. The highest BCUT2D eigenvalue weighted by Crippen LogP contribution is 2.28. The molecule has 2 aromatic rings. The number of hydrogen-bond acceptors (Lipinski definition) is 12. The second-order valence-corrected chi connectivity index (χ2v) is 10.9. The third-order valence-electron chi connectivity index (χ3n) is 4.55. The predicted octanol–water partition coefficient (Wildman–Crippen LogP) is -1.18. The Kier molecular flexibility index (Phi) is 7.05. The van der Waals surface area contributed by atoms with E-state index in [1.165, 1.54) is 4.31 Å². The molecular weight excluding hydrogens is 502 g/mol. The van der Waals surface area contributed by atoms with Crippen molar-refractivity contribution in [1.82, 2.24) is 19.3 Å². The van der Waals surface area contributed by atoms with E-state index in [4.69, 9.17) is 0 Å². The molecule has 0 saturated carbocycles. The molecule has 18 heteroatoms. The lowest BCUT2D eigenvalue weighted by Crippen LogP contribution is -2.46. The molecule has 0 unspecified atom stereocenters. The molecule has 0 aliphatic carbocycles. The summed E-state index contributed by atoms with van der Waals surface area (Å²) in [6.07, 6.45) is 0. The molecule has 1 fully saturated rings. The second-order valence-electron chi connectivity index (χ2n) is 7.07. The summed E-state index contributed by atoms with van der Waals surface area (Å²) >= 11 is 0. The number of nitrogens with zero attached hydrogens (tertiary/aromatic N) is 6. The lowest BCUT2D eigenvalue weighted by Gasteiger charge is -2.31. The summed E-state index contributed by atoms with van der Waals surface area (Å²) in [5, 5.41) is 2.56. The van der Waals surface area contributed by atoms with E-state index < -0.39 is 46.6 Å². The standard InChI is InChI=1S/C15H21N7O8S3/c1-20(2)14-17-13(18-15(19-14)21-5-7-22(8-6-21)31(23)24)16-11-9-10(32(25,26)27)3-4-12(11)33(28,29)30/h3-4,9,31H,5-8H2,1-2H3,(H,25,26,27)(H,28,29,30)(H,16,17,18,19). The molecule has 182 valence electrons. The van der Waals surface area contributed by atoms with Gasteiger partial charge in [0, 0.05) is 40.3 Å². The van der Waals surface area contributed by atoms with Crippen LogP contribution in [0.15, 0.2) is 28.0 Å². The first-order valence-electron chi connectivity index (χ1n) is 9.19. The van der Waals surface area contributed by atoms with Crippen molar-refractivity contribution in [1.29, 1.82) is 0 Å². The van der Waals surface area contributed by atoms with Gasteiger partial charge in [0.05, 0.1) is 10.6 Å². The fourth-order valence-corrected chi connectivity index (χ4v) is 4.56. The highest BCUT2D eigenvalue weighted by molar-refractivity contribution is 7.86. The molecule has 0 bridgehead atoms. The van der Waals surface area contributed by atoms with Crippen LogP contribution in [-0.2, 0) is 31.1 Å². The van der Waals surface area contributed by atoms with Crippen LogP contribution in [0.2, 0.25) is 0 Å². The SMILES string of the molecule is CN(C)c1nc(Nc2cc(S(=O)(=O)O)ccc2S(=O)(=O)O)nc(N2CCN([SH](=O)=O)CC2)n1. The summed E-state index contributed by atoms with van der Waals surface area (Å²) in [7, 11) is -8.88. The fourth-order valence-electron chi connectivity index (χ4n) is 2.92. The van der Waals surface area contributed by atoms with Crippen molar-refractivity contribution in [2.24, 2.45) is 0 Å². The third kappa shape index (κ3) is 6.03. The zero-order valence-electron chi connectivity index (χ0n) is 17.4. The van der Waals surface area contributed by atoms with Gasteiger partial charge in [-0.25, -0.2) is 12.7 Å². The molecule has 1 aliphatic heterocycles. The Morgan fingerprint density at radius 1 is 0.970 bits per heavy atom. The molecule has 0 amide bonds. The Labute approximate surface area is 191 Å². The van der Waals surface area contributed by atoms with Crippen molar-refractivity contribution in [3.8, 4) is 0 Å². The van der Waals surface area contributed by atoms with Crippen molar-refractivity contribution >= 4 is 54.7 Å². The van der Waals surface area contributed by atoms with Crippen LogP contribution in [0.5, 0.6) is 0 Å². The normalized spacial score (nSPS) is 15.6. The van der Waals surface area contributed by atoms with Crippen LogP contribution in [0, 0.1) is 0 Å². The zero-order chi connectivity index (χ0) is 24.6. The van der Waals surface area contributed by atoms with E-state index in [9.17, 15) is 34.4 Å². The number of benzene rings is 1. The van der Waals surface area contributed by atoms with Gasteiger partial charge in [-0.05, 0) is 18.2 Å². The van der Waals surface area contributed by atoms with E-state index in [0.717, 1.165) is 18.2 Å². The molecule has 3 rings (SSSR count). The van der Waals surface area contributed by atoms with Crippen LogP contribution in [0.1, 0.15) is 0 Å². The predicted molar refractivity (Wildman–Crippen MR) is 118 cm³/mol. The highest BCUT2D eigenvalue weighted by Gasteiger charge is 2.24. The highest BCUT2D eigenvalue weighted by atomic mass is 32.2. The first kappa shape index (κ1) is 25.0. The minimum atomic E-state index is -4.78. The van der Waals surface area contributed by atoms with Gasteiger partial charge in [-0.15, -0.1) is 0 Å². The van der Waals surface area contributed by atoms with Gasteiger partial charge in [0.15, 0.2) is 0 Å². The number of thiol groups is 1. The number of hydrogen-bond donors (Lipinski definition) is 4. The molecule has 1 aliphatic rings. The maximum Gasteiger partial charge on any atom is 0.296 e. The molecular formula is C15H21N7O8S3. The number of nitrogens with one attached hydrogen (secondary N) is 1. The zero-order valence-corrected chi connectivity index (χ0v) is 19.9. The molecule has 0 radical (unpaired) electrons. The minimum absolute atomic E-state index is 0.163. The Bertz CT molecular complexity index is 1330. The van der Waals surface area contributed by atoms with Gasteiger partial charge in [-0.1, -0.05) is 0 Å². The van der Waals surface area contributed by atoms with Crippen LogP contribution in [0.3, 0.4) is 0 Å². The van der Waals surface area contributed by atoms with Crippen LogP contribution in [-0.4, -0.2) is 93.9 Å². The number of piperazine rings is 1. The topological polar surface area (TPSA) is 203 Å². The molecule has 1 aromatic heterocycles. The quantitative estimate of drug-likeness (QED) is 0.249. The van der Waals surface area contributed by atoms with Gasteiger partial charge in [0.25, 0.3) is 20.2 Å². The first-order valence-corrected chi connectivity index (χ1v) is 13.2. The van der Waals surface area contributed by atoms with Crippen molar-refractivity contribution < 1.29 is 34.4 Å². The number of anilines is 4. The Morgan fingerprint density at radius 2 is 1.61 bits per heavy atom. The average Bonchev–Trinajstić information content (AvgIpc) is 2.72. The number of rotatable bonds is 7. The first-order chi connectivity index (χ1) is 15.3. The van der Waals surface area contributed by atoms with Gasteiger partial charge in [0.1, 0.15) is 4.90 Å². The van der Waals surface area contributed by atoms with Crippen LogP contribution in [0.4, 0.5) is 23.5 Å². The van der Waals surface area contributed by atoms with E-state index in [2.05, 4.69) is 20.3 Å². The van der Waals surface area contributed by atoms with Gasteiger partial charge >= 0.3 is 0 Å². The van der Waals surface area contributed by atoms with Crippen molar-refractivity contribution in [3.63, 3.8) is 0 Å². The molecule has 1 saturated heterocycles. The van der Waals surface area contributed by atoms with Crippen LogP contribution < -0.4 is 15.1 Å². The average molecular weight is 524 g/mol. The molecule has 0 spiro atoms. The lowest BCUT2D eigenvalue weighted by molar-refractivity contribution is 0.394. The van der Waals surface area contributed by atoms with Crippen LogP contribution >= 0.6 is 0 Å². The van der Waals surface area contributed by atoms with E-state index in [-0.39, 0.29) is 44.0 Å². The molecule has 2 heterocycles. The minimum Gasteiger partial charge on any atom is -0.347 e. The van der Waals surface area contributed by atoms with Crippen LogP contribution in [0.25, 0.3) is 0 Å².